The Morgan fingerprint density at radius 2 is 1.88 bits per heavy atom. The molecule has 0 aliphatic carbocycles. The average molecular weight is 250 g/mol. The van der Waals surface area contributed by atoms with Gasteiger partial charge >= 0.3 is 6.18 Å². The molecule has 1 unspecified atom stereocenters. The number of rotatable bonds is 3. The molecule has 1 aromatic rings. The summed E-state index contributed by atoms with van der Waals surface area (Å²) in [5, 5.41) is 6.57. The Morgan fingerprint density at radius 1 is 1.35 bits per heavy atom. The number of nitrogens with two attached hydrogens (primary N) is 1. The molecular weight excluding hydrogens is 237 g/mol. The number of nitrogens with zero attached hydrogens (tertiary/aromatic N) is 3. The minimum absolute atomic E-state index is 0.0847. The van der Waals surface area contributed by atoms with Crippen LogP contribution in [0.3, 0.4) is 0 Å². The number of halogens is 3. The second kappa shape index (κ2) is 4.34. The van der Waals surface area contributed by atoms with Crippen molar-refractivity contribution in [1.82, 2.24) is 15.0 Å². The molecular formula is C9H13F3N4O. The molecule has 17 heavy (non-hydrogen) atoms. The summed E-state index contributed by atoms with van der Waals surface area (Å²) in [5.74, 6) is -1.32. The molecule has 1 aromatic heterocycles. The van der Waals surface area contributed by atoms with Crippen molar-refractivity contribution in [3.8, 4) is 0 Å². The summed E-state index contributed by atoms with van der Waals surface area (Å²) in [6.07, 6.45) is -4.71. The number of carbonyl (C=O) groups is 1. The summed E-state index contributed by atoms with van der Waals surface area (Å²) < 4.78 is 39.2. The fourth-order valence-corrected chi connectivity index (χ4v) is 1.29. The van der Waals surface area contributed by atoms with Gasteiger partial charge in [-0.2, -0.15) is 13.2 Å². The first kappa shape index (κ1) is 13.5. The molecule has 0 spiro atoms. The summed E-state index contributed by atoms with van der Waals surface area (Å²) in [4.78, 5) is 10.9. The molecule has 0 aliphatic rings. The van der Waals surface area contributed by atoms with E-state index in [1.165, 1.54) is 0 Å². The van der Waals surface area contributed by atoms with E-state index in [9.17, 15) is 18.0 Å². The number of carbonyl (C=O) groups excluding carboxylic acids is 1. The largest absolute Gasteiger partial charge is 0.435 e. The summed E-state index contributed by atoms with van der Waals surface area (Å²) in [6.45, 7) is 5.06. The molecule has 0 aromatic carbocycles. The molecule has 1 amide bonds. The van der Waals surface area contributed by atoms with Crippen LogP contribution in [-0.4, -0.2) is 20.9 Å². The second-order valence-corrected chi connectivity index (χ2v) is 4.08. The lowest BCUT2D eigenvalue weighted by atomic mass is 10.1. The van der Waals surface area contributed by atoms with Gasteiger partial charge in [0.1, 0.15) is 0 Å². The van der Waals surface area contributed by atoms with Crippen molar-refractivity contribution < 1.29 is 18.0 Å². The fourth-order valence-electron chi connectivity index (χ4n) is 1.29. The minimum Gasteiger partial charge on any atom is -0.364 e. The molecule has 0 aliphatic heterocycles. The zero-order valence-corrected chi connectivity index (χ0v) is 9.62. The topological polar surface area (TPSA) is 73.8 Å². The molecule has 0 saturated heterocycles. The van der Waals surface area contributed by atoms with Crippen LogP contribution in [0.5, 0.6) is 0 Å². The van der Waals surface area contributed by atoms with E-state index in [1.54, 1.807) is 20.8 Å². The van der Waals surface area contributed by atoms with Gasteiger partial charge in [0.2, 0.25) is 0 Å². The molecule has 5 nitrogen and oxygen atoms in total. The third-order valence-electron chi connectivity index (χ3n) is 2.55. The van der Waals surface area contributed by atoms with Crippen molar-refractivity contribution in [3.05, 3.63) is 11.4 Å². The van der Waals surface area contributed by atoms with Crippen LogP contribution in [0.25, 0.3) is 0 Å². The highest BCUT2D eigenvalue weighted by Gasteiger charge is 2.42. The van der Waals surface area contributed by atoms with Crippen LogP contribution < -0.4 is 5.73 Å². The number of hydrogen-bond donors (Lipinski definition) is 1. The van der Waals surface area contributed by atoms with E-state index in [0.29, 0.717) is 4.68 Å². The lowest BCUT2D eigenvalue weighted by molar-refractivity contribution is -0.145. The second-order valence-electron chi connectivity index (χ2n) is 4.08. The van der Waals surface area contributed by atoms with Crippen molar-refractivity contribution in [2.45, 2.75) is 33.0 Å². The van der Waals surface area contributed by atoms with E-state index in [4.69, 9.17) is 5.73 Å². The van der Waals surface area contributed by atoms with Crippen LogP contribution in [0, 0.1) is 5.92 Å². The van der Waals surface area contributed by atoms with Crippen LogP contribution in [0.2, 0.25) is 0 Å². The molecule has 0 bridgehead atoms. The van der Waals surface area contributed by atoms with E-state index in [-0.39, 0.29) is 5.92 Å². The Kier molecular flexibility index (Phi) is 3.44. The molecule has 0 fully saturated rings. The first-order valence-electron chi connectivity index (χ1n) is 4.98. The van der Waals surface area contributed by atoms with E-state index in [0.717, 1.165) is 0 Å². The fraction of sp³-hybridized carbons (Fsp3) is 0.667. The Morgan fingerprint density at radius 3 is 2.24 bits per heavy atom. The summed E-state index contributed by atoms with van der Waals surface area (Å²) >= 11 is 0. The lowest BCUT2D eigenvalue weighted by Gasteiger charge is -2.19. The SMILES string of the molecule is CC(C)C(C)n1nnc(C(N)=O)c1C(F)(F)F. The zero-order valence-electron chi connectivity index (χ0n) is 9.62. The Bertz CT molecular complexity index is 424. The molecule has 1 atom stereocenters. The van der Waals surface area contributed by atoms with E-state index < -0.39 is 29.5 Å². The maximum atomic E-state index is 12.8. The molecule has 0 radical (unpaired) electrons. The first-order valence-corrected chi connectivity index (χ1v) is 4.98. The third kappa shape index (κ3) is 2.56. The Balaban J connectivity index is 3.38. The summed E-state index contributed by atoms with van der Waals surface area (Å²) in [7, 11) is 0. The predicted octanol–water partition coefficient (Wildman–Crippen LogP) is 1.61. The maximum absolute atomic E-state index is 12.8. The number of amides is 1. The van der Waals surface area contributed by atoms with Gasteiger partial charge in [0.15, 0.2) is 11.4 Å². The normalized spacial score (nSPS) is 14.1. The van der Waals surface area contributed by atoms with Crippen molar-refractivity contribution in [3.63, 3.8) is 0 Å². The van der Waals surface area contributed by atoms with Crippen LogP contribution in [0.1, 0.15) is 43.0 Å². The molecule has 2 N–H and O–H groups in total. The highest BCUT2D eigenvalue weighted by atomic mass is 19.4. The van der Waals surface area contributed by atoms with E-state index >= 15 is 0 Å². The highest BCUT2D eigenvalue weighted by molar-refractivity contribution is 5.91. The van der Waals surface area contributed by atoms with Crippen molar-refractivity contribution >= 4 is 5.91 Å². The van der Waals surface area contributed by atoms with Crippen molar-refractivity contribution in [2.24, 2.45) is 11.7 Å². The number of hydrogen-bond acceptors (Lipinski definition) is 3. The summed E-state index contributed by atoms with van der Waals surface area (Å²) in [5.41, 5.74) is 2.81. The van der Waals surface area contributed by atoms with Crippen LogP contribution in [0.15, 0.2) is 0 Å². The molecule has 8 heteroatoms. The Labute approximate surface area is 95.8 Å². The number of primary amides is 1. The average Bonchev–Trinajstić information content (AvgIpc) is 2.59. The molecule has 0 saturated carbocycles. The van der Waals surface area contributed by atoms with Crippen molar-refractivity contribution in [2.75, 3.05) is 0 Å². The number of alkyl halides is 3. The van der Waals surface area contributed by atoms with Gasteiger partial charge < -0.3 is 5.73 Å². The Hall–Kier alpha value is -1.60. The predicted molar refractivity (Wildman–Crippen MR) is 53.1 cm³/mol. The van der Waals surface area contributed by atoms with Crippen LogP contribution in [0.4, 0.5) is 13.2 Å². The monoisotopic (exact) mass is 250 g/mol. The van der Waals surface area contributed by atoms with Gasteiger partial charge in [0.25, 0.3) is 5.91 Å². The van der Waals surface area contributed by atoms with E-state index in [2.05, 4.69) is 10.3 Å². The van der Waals surface area contributed by atoms with Crippen LogP contribution >= 0.6 is 0 Å². The third-order valence-corrected chi connectivity index (χ3v) is 2.55. The van der Waals surface area contributed by atoms with Gasteiger partial charge in [0.05, 0.1) is 6.04 Å². The van der Waals surface area contributed by atoms with Gasteiger partial charge in [-0.1, -0.05) is 19.1 Å². The van der Waals surface area contributed by atoms with Gasteiger partial charge in [-0.3, -0.25) is 4.79 Å². The summed E-state index contributed by atoms with van der Waals surface area (Å²) in [6, 6.07) is -0.535. The van der Waals surface area contributed by atoms with Gasteiger partial charge in [-0.15, -0.1) is 5.10 Å². The standard InChI is InChI=1S/C9H13F3N4O/c1-4(2)5(3)16-7(9(10,11)12)6(8(13)17)14-15-16/h4-5H,1-3H3,(H2,13,17). The van der Waals surface area contributed by atoms with Gasteiger partial charge in [-0.05, 0) is 12.8 Å². The van der Waals surface area contributed by atoms with Crippen LogP contribution in [-0.2, 0) is 6.18 Å². The lowest BCUT2D eigenvalue weighted by Crippen LogP contribution is -2.24. The molecule has 96 valence electrons. The molecule has 1 heterocycles. The van der Waals surface area contributed by atoms with Gasteiger partial charge in [-0.25, -0.2) is 4.68 Å². The first-order chi connectivity index (χ1) is 7.66. The highest BCUT2D eigenvalue weighted by Crippen LogP contribution is 2.33. The minimum atomic E-state index is -4.71. The molecule has 1 rings (SSSR count). The van der Waals surface area contributed by atoms with Crippen molar-refractivity contribution in [1.29, 1.82) is 0 Å². The quantitative estimate of drug-likeness (QED) is 0.885. The number of aromatic nitrogens is 3. The van der Waals surface area contributed by atoms with Gasteiger partial charge in [0, 0.05) is 0 Å². The maximum Gasteiger partial charge on any atom is 0.435 e. The van der Waals surface area contributed by atoms with E-state index in [1.807, 2.05) is 0 Å². The zero-order chi connectivity index (χ0) is 13.4. The smallest absolute Gasteiger partial charge is 0.364 e.